The van der Waals surface area contributed by atoms with E-state index in [2.05, 4.69) is 5.32 Å². The fourth-order valence-corrected chi connectivity index (χ4v) is 3.20. The third kappa shape index (κ3) is 4.63. The predicted molar refractivity (Wildman–Crippen MR) is 80.6 cm³/mol. The van der Waals surface area contributed by atoms with Crippen molar-refractivity contribution in [3.05, 3.63) is 0 Å². The van der Waals surface area contributed by atoms with Crippen LogP contribution >= 0.6 is 12.4 Å². The number of nitrogens with zero attached hydrogens (tertiary/aromatic N) is 1. The molecule has 1 unspecified atom stereocenters. The van der Waals surface area contributed by atoms with Gasteiger partial charge in [-0.25, -0.2) is 0 Å². The van der Waals surface area contributed by atoms with E-state index in [1.54, 1.807) is 4.90 Å². The first-order valence-electron chi connectivity index (χ1n) is 7.48. The van der Waals surface area contributed by atoms with Crippen LogP contribution in [0.25, 0.3) is 0 Å². The van der Waals surface area contributed by atoms with Crippen molar-refractivity contribution in [3.8, 4) is 0 Å². The van der Waals surface area contributed by atoms with E-state index in [4.69, 9.17) is 5.73 Å². The summed E-state index contributed by atoms with van der Waals surface area (Å²) in [5.41, 5.74) is 5.79. The first-order chi connectivity index (χ1) is 9.20. The van der Waals surface area contributed by atoms with Crippen molar-refractivity contribution >= 4 is 24.2 Å². The van der Waals surface area contributed by atoms with Crippen LogP contribution in [0.5, 0.6) is 0 Å². The van der Waals surface area contributed by atoms with Gasteiger partial charge < -0.3 is 16.0 Å². The number of nitrogens with one attached hydrogen (secondary N) is 1. The van der Waals surface area contributed by atoms with Crippen molar-refractivity contribution in [1.82, 2.24) is 10.2 Å². The van der Waals surface area contributed by atoms with Crippen LogP contribution in [0.3, 0.4) is 0 Å². The molecule has 1 saturated carbocycles. The Labute approximate surface area is 127 Å². The number of nitrogens with two attached hydrogens (primary N) is 1. The average molecular weight is 304 g/mol. The summed E-state index contributed by atoms with van der Waals surface area (Å²) in [4.78, 5) is 25.1. The molecule has 1 aliphatic heterocycles. The summed E-state index contributed by atoms with van der Waals surface area (Å²) in [5.74, 6) is 0.547. The van der Waals surface area contributed by atoms with E-state index in [-0.39, 0.29) is 36.8 Å². The molecule has 20 heavy (non-hydrogen) atoms. The minimum Gasteiger partial charge on any atom is -0.350 e. The zero-order valence-electron chi connectivity index (χ0n) is 12.0. The van der Waals surface area contributed by atoms with Crippen LogP contribution in [-0.4, -0.2) is 42.4 Å². The normalized spacial score (nSPS) is 21.4. The monoisotopic (exact) mass is 303 g/mol. The third-order valence-electron chi connectivity index (χ3n) is 4.33. The van der Waals surface area contributed by atoms with Crippen LogP contribution in [0.15, 0.2) is 0 Å². The minimum atomic E-state index is -0.0590. The van der Waals surface area contributed by atoms with Crippen molar-refractivity contribution in [3.63, 3.8) is 0 Å². The molecule has 2 amide bonds. The van der Waals surface area contributed by atoms with Gasteiger partial charge >= 0.3 is 0 Å². The number of carbonyl (C=O) groups excluding carboxylic acids is 2. The summed E-state index contributed by atoms with van der Waals surface area (Å²) in [5, 5.41) is 3.03. The largest absolute Gasteiger partial charge is 0.350 e. The van der Waals surface area contributed by atoms with Gasteiger partial charge in [-0.15, -0.1) is 12.4 Å². The average Bonchev–Trinajstić information content (AvgIpc) is 2.82. The molecule has 3 N–H and O–H groups in total. The predicted octanol–water partition coefficient (Wildman–Crippen LogP) is 1.05. The van der Waals surface area contributed by atoms with E-state index in [9.17, 15) is 9.59 Å². The number of likely N-dealkylation sites (tertiary alicyclic amines) is 1. The van der Waals surface area contributed by atoms with E-state index in [1.165, 1.54) is 19.3 Å². The van der Waals surface area contributed by atoms with E-state index >= 15 is 0 Å². The SMILES string of the molecule is Cl.NCC(NC(=O)CN1CCCC1=O)C1CCCCC1. The van der Waals surface area contributed by atoms with Crippen LogP contribution in [0.2, 0.25) is 0 Å². The van der Waals surface area contributed by atoms with Crippen LogP contribution in [0.1, 0.15) is 44.9 Å². The molecule has 0 aromatic rings. The molecule has 2 rings (SSSR count). The van der Waals surface area contributed by atoms with Crippen LogP contribution < -0.4 is 11.1 Å². The number of rotatable bonds is 5. The van der Waals surface area contributed by atoms with Gasteiger partial charge in [0.1, 0.15) is 0 Å². The summed E-state index contributed by atoms with van der Waals surface area (Å²) in [6.45, 7) is 1.40. The van der Waals surface area contributed by atoms with E-state index in [1.807, 2.05) is 0 Å². The summed E-state index contributed by atoms with van der Waals surface area (Å²) in [7, 11) is 0. The highest BCUT2D eigenvalue weighted by Gasteiger charge is 2.26. The lowest BCUT2D eigenvalue weighted by Gasteiger charge is -2.30. The van der Waals surface area contributed by atoms with Gasteiger partial charge in [-0.3, -0.25) is 9.59 Å². The maximum absolute atomic E-state index is 12.0. The van der Waals surface area contributed by atoms with Crippen molar-refractivity contribution in [2.24, 2.45) is 11.7 Å². The van der Waals surface area contributed by atoms with Gasteiger partial charge in [0.2, 0.25) is 11.8 Å². The molecule has 1 saturated heterocycles. The van der Waals surface area contributed by atoms with Gasteiger partial charge in [-0.05, 0) is 25.2 Å². The second-order valence-electron chi connectivity index (χ2n) is 5.73. The lowest BCUT2D eigenvalue weighted by molar-refractivity contribution is -0.133. The fraction of sp³-hybridized carbons (Fsp3) is 0.857. The molecule has 2 aliphatic rings. The van der Waals surface area contributed by atoms with Gasteiger partial charge in [-0.1, -0.05) is 19.3 Å². The van der Waals surface area contributed by atoms with Gasteiger partial charge in [-0.2, -0.15) is 0 Å². The van der Waals surface area contributed by atoms with Crippen LogP contribution in [0.4, 0.5) is 0 Å². The van der Waals surface area contributed by atoms with Crippen LogP contribution in [-0.2, 0) is 9.59 Å². The Hall–Kier alpha value is -0.810. The van der Waals surface area contributed by atoms with Gasteiger partial charge in [0.25, 0.3) is 0 Å². The molecule has 0 radical (unpaired) electrons. The quantitative estimate of drug-likeness (QED) is 0.797. The second kappa shape index (κ2) is 8.47. The van der Waals surface area contributed by atoms with Crippen molar-refractivity contribution in [1.29, 1.82) is 0 Å². The lowest BCUT2D eigenvalue weighted by atomic mass is 9.84. The standard InChI is InChI=1S/C14H25N3O2.ClH/c15-9-12(11-5-2-1-3-6-11)16-13(18)10-17-8-4-7-14(17)19;/h11-12H,1-10,15H2,(H,16,18);1H. The van der Waals surface area contributed by atoms with Crippen LogP contribution in [0, 0.1) is 5.92 Å². The summed E-state index contributed by atoms with van der Waals surface area (Å²) < 4.78 is 0. The zero-order valence-corrected chi connectivity index (χ0v) is 12.8. The number of hydrogen-bond donors (Lipinski definition) is 2. The summed E-state index contributed by atoms with van der Waals surface area (Å²) in [6.07, 6.45) is 7.54. The Bertz CT molecular complexity index is 332. The molecule has 6 heteroatoms. The fourth-order valence-electron chi connectivity index (χ4n) is 3.20. The molecular weight excluding hydrogens is 278 g/mol. The molecule has 0 aromatic carbocycles. The molecule has 116 valence electrons. The van der Waals surface area contributed by atoms with Gasteiger partial charge in [0, 0.05) is 25.6 Å². The molecule has 0 aromatic heterocycles. The zero-order chi connectivity index (χ0) is 13.7. The Morgan fingerprint density at radius 1 is 1.30 bits per heavy atom. The highest BCUT2D eigenvalue weighted by atomic mass is 35.5. The summed E-state index contributed by atoms with van der Waals surface area (Å²) in [6, 6.07) is 0.0745. The summed E-state index contributed by atoms with van der Waals surface area (Å²) >= 11 is 0. The number of amides is 2. The van der Waals surface area contributed by atoms with Crippen molar-refractivity contribution in [2.45, 2.75) is 51.0 Å². The maximum atomic E-state index is 12.0. The topological polar surface area (TPSA) is 75.4 Å². The first-order valence-corrected chi connectivity index (χ1v) is 7.48. The highest BCUT2D eigenvalue weighted by Crippen LogP contribution is 2.26. The Kier molecular flexibility index (Phi) is 7.30. The molecular formula is C14H26ClN3O2. The number of hydrogen-bond acceptors (Lipinski definition) is 3. The Morgan fingerprint density at radius 2 is 2.00 bits per heavy atom. The Morgan fingerprint density at radius 3 is 2.55 bits per heavy atom. The molecule has 1 heterocycles. The smallest absolute Gasteiger partial charge is 0.239 e. The van der Waals surface area contributed by atoms with E-state index in [0.717, 1.165) is 19.3 Å². The maximum Gasteiger partial charge on any atom is 0.239 e. The van der Waals surface area contributed by atoms with E-state index < -0.39 is 0 Å². The first kappa shape index (κ1) is 17.2. The minimum absolute atomic E-state index is 0. The van der Waals surface area contributed by atoms with Gasteiger partial charge in [0.05, 0.1) is 6.54 Å². The van der Waals surface area contributed by atoms with E-state index in [0.29, 0.717) is 25.4 Å². The molecule has 2 fully saturated rings. The highest BCUT2D eigenvalue weighted by molar-refractivity contribution is 5.86. The molecule has 0 bridgehead atoms. The number of halogens is 1. The molecule has 1 atom stereocenters. The number of carbonyl (C=O) groups is 2. The second-order valence-corrected chi connectivity index (χ2v) is 5.73. The lowest BCUT2D eigenvalue weighted by Crippen LogP contribution is -2.49. The van der Waals surface area contributed by atoms with Gasteiger partial charge in [0.15, 0.2) is 0 Å². The molecule has 5 nitrogen and oxygen atoms in total. The van der Waals surface area contributed by atoms with Crippen molar-refractivity contribution in [2.75, 3.05) is 19.6 Å². The third-order valence-corrected chi connectivity index (χ3v) is 4.33. The Balaban J connectivity index is 0.00000200. The molecule has 0 spiro atoms. The van der Waals surface area contributed by atoms with Crippen molar-refractivity contribution < 1.29 is 9.59 Å². The molecule has 1 aliphatic carbocycles.